The molecule has 2 aromatic carbocycles. The maximum absolute atomic E-state index is 13.3. The van der Waals surface area contributed by atoms with Gasteiger partial charge in [0.2, 0.25) is 11.8 Å². The standard InChI is InChI=1S/C21H24FN3O2.ClH/c1-15(20(23)17-7-3-2-4-8-17)21(27)25-11-10-24(19(26)14-25)13-16-6-5-9-18(22)12-16;/h2-9,12,15,20H,10-11,13-14,23H2,1H3;1H. The lowest BCUT2D eigenvalue weighted by molar-refractivity contribution is -0.148. The van der Waals surface area contributed by atoms with E-state index in [2.05, 4.69) is 0 Å². The number of hydrogen-bond acceptors (Lipinski definition) is 3. The summed E-state index contributed by atoms with van der Waals surface area (Å²) in [4.78, 5) is 28.5. The van der Waals surface area contributed by atoms with Crippen LogP contribution in [-0.4, -0.2) is 41.2 Å². The second kappa shape index (κ2) is 9.66. The van der Waals surface area contributed by atoms with Crippen LogP contribution in [0.3, 0.4) is 0 Å². The number of carbonyl (C=O) groups excluding carboxylic acids is 2. The van der Waals surface area contributed by atoms with Crippen molar-refractivity contribution in [3.8, 4) is 0 Å². The Hall–Kier alpha value is -2.44. The molecular formula is C21H25ClFN3O2. The van der Waals surface area contributed by atoms with Crippen molar-refractivity contribution in [2.45, 2.75) is 19.5 Å². The van der Waals surface area contributed by atoms with Gasteiger partial charge in [-0.1, -0.05) is 49.4 Å². The van der Waals surface area contributed by atoms with Gasteiger partial charge in [-0.15, -0.1) is 12.4 Å². The molecule has 0 spiro atoms. The first-order valence-corrected chi connectivity index (χ1v) is 9.07. The van der Waals surface area contributed by atoms with Gasteiger partial charge in [0.05, 0.1) is 12.5 Å². The van der Waals surface area contributed by atoms with Crippen molar-refractivity contribution in [1.82, 2.24) is 9.80 Å². The summed E-state index contributed by atoms with van der Waals surface area (Å²) in [6.07, 6.45) is 0. The number of carbonyl (C=O) groups is 2. The Kier molecular flexibility index (Phi) is 7.54. The number of nitrogens with two attached hydrogens (primary N) is 1. The van der Waals surface area contributed by atoms with E-state index in [1.807, 2.05) is 30.3 Å². The average Bonchev–Trinajstić information content (AvgIpc) is 2.68. The van der Waals surface area contributed by atoms with Crippen molar-refractivity contribution in [3.05, 3.63) is 71.5 Å². The summed E-state index contributed by atoms with van der Waals surface area (Å²) in [5.74, 6) is -1.00. The molecule has 1 fully saturated rings. The van der Waals surface area contributed by atoms with Crippen LogP contribution in [0.4, 0.5) is 4.39 Å². The van der Waals surface area contributed by atoms with E-state index >= 15 is 0 Å². The molecule has 2 amide bonds. The van der Waals surface area contributed by atoms with Crippen LogP contribution in [0, 0.1) is 11.7 Å². The molecule has 2 aromatic rings. The Bertz CT molecular complexity index is 818. The first kappa shape index (κ1) is 21.9. The monoisotopic (exact) mass is 405 g/mol. The topological polar surface area (TPSA) is 66.6 Å². The highest BCUT2D eigenvalue weighted by atomic mass is 35.5. The molecule has 1 aliphatic rings. The predicted octanol–water partition coefficient (Wildman–Crippen LogP) is 2.75. The lowest BCUT2D eigenvalue weighted by Gasteiger charge is -2.36. The first-order chi connectivity index (χ1) is 13.0. The van der Waals surface area contributed by atoms with Crippen LogP contribution in [-0.2, 0) is 16.1 Å². The number of piperazine rings is 1. The molecule has 0 bridgehead atoms. The zero-order valence-corrected chi connectivity index (χ0v) is 16.6. The van der Waals surface area contributed by atoms with Crippen LogP contribution in [0.25, 0.3) is 0 Å². The number of nitrogens with zero attached hydrogens (tertiary/aromatic N) is 2. The first-order valence-electron chi connectivity index (χ1n) is 9.07. The number of amides is 2. The molecule has 0 aliphatic carbocycles. The van der Waals surface area contributed by atoms with Gasteiger partial charge in [0.15, 0.2) is 0 Å². The molecule has 1 heterocycles. The van der Waals surface area contributed by atoms with E-state index in [0.29, 0.717) is 19.6 Å². The molecule has 0 aromatic heterocycles. The largest absolute Gasteiger partial charge is 0.335 e. The maximum Gasteiger partial charge on any atom is 0.242 e. The molecule has 150 valence electrons. The van der Waals surface area contributed by atoms with E-state index in [1.165, 1.54) is 12.1 Å². The van der Waals surface area contributed by atoms with Crippen molar-refractivity contribution < 1.29 is 14.0 Å². The van der Waals surface area contributed by atoms with E-state index < -0.39 is 12.0 Å². The summed E-state index contributed by atoms with van der Waals surface area (Å²) in [5, 5.41) is 0. The Morgan fingerprint density at radius 3 is 2.50 bits per heavy atom. The maximum atomic E-state index is 13.3. The van der Waals surface area contributed by atoms with E-state index in [1.54, 1.807) is 28.9 Å². The molecular weight excluding hydrogens is 381 g/mol. The molecule has 0 saturated carbocycles. The molecule has 2 atom stereocenters. The minimum absolute atomic E-state index is 0. The second-order valence-corrected chi connectivity index (χ2v) is 6.93. The third-order valence-electron chi connectivity index (χ3n) is 5.01. The van der Waals surface area contributed by atoms with Crippen LogP contribution < -0.4 is 5.73 Å². The van der Waals surface area contributed by atoms with Crippen molar-refractivity contribution >= 4 is 24.2 Å². The van der Waals surface area contributed by atoms with Crippen LogP contribution in [0.2, 0.25) is 0 Å². The van der Waals surface area contributed by atoms with E-state index in [-0.39, 0.29) is 36.6 Å². The Morgan fingerprint density at radius 2 is 1.86 bits per heavy atom. The number of benzene rings is 2. The van der Waals surface area contributed by atoms with Crippen LogP contribution in [0.5, 0.6) is 0 Å². The van der Waals surface area contributed by atoms with Gasteiger partial charge in [-0.05, 0) is 23.3 Å². The fourth-order valence-electron chi connectivity index (χ4n) is 3.33. The molecule has 2 unspecified atom stereocenters. The van der Waals surface area contributed by atoms with Crippen molar-refractivity contribution in [2.24, 2.45) is 11.7 Å². The summed E-state index contributed by atoms with van der Waals surface area (Å²) >= 11 is 0. The summed E-state index contributed by atoms with van der Waals surface area (Å²) in [7, 11) is 0. The Balaban J connectivity index is 0.00000280. The zero-order valence-electron chi connectivity index (χ0n) is 15.8. The lowest BCUT2D eigenvalue weighted by atomic mass is 9.94. The number of rotatable bonds is 5. The zero-order chi connectivity index (χ0) is 19.4. The highest BCUT2D eigenvalue weighted by Crippen LogP contribution is 2.22. The average molecular weight is 406 g/mol. The number of halogens is 2. The molecule has 7 heteroatoms. The predicted molar refractivity (Wildman–Crippen MR) is 108 cm³/mol. The van der Waals surface area contributed by atoms with Gasteiger partial charge in [-0.3, -0.25) is 9.59 Å². The summed E-state index contributed by atoms with van der Waals surface area (Å²) in [5.41, 5.74) is 7.88. The highest BCUT2D eigenvalue weighted by Gasteiger charge is 2.32. The quantitative estimate of drug-likeness (QED) is 0.831. The minimum atomic E-state index is -0.421. The molecule has 3 rings (SSSR count). The third-order valence-corrected chi connectivity index (χ3v) is 5.01. The van der Waals surface area contributed by atoms with Gasteiger partial charge in [0, 0.05) is 25.7 Å². The van der Waals surface area contributed by atoms with Crippen LogP contribution in [0.1, 0.15) is 24.1 Å². The van der Waals surface area contributed by atoms with Gasteiger partial charge >= 0.3 is 0 Å². The lowest BCUT2D eigenvalue weighted by Crippen LogP contribution is -2.53. The van der Waals surface area contributed by atoms with Crippen molar-refractivity contribution in [1.29, 1.82) is 0 Å². The molecule has 1 saturated heterocycles. The van der Waals surface area contributed by atoms with Gasteiger partial charge in [0.25, 0.3) is 0 Å². The van der Waals surface area contributed by atoms with E-state index in [9.17, 15) is 14.0 Å². The fraction of sp³-hybridized carbons (Fsp3) is 0.333. The van der Waals surface area contributed by atoms with E-state index in [0.717, 1.165) is 11.1 Å². The summed E-state index contributed by atoms with van der Waals surface area (Å²) < 4.78 is 13.3. The van der Waals surface area contributed by atoms with Gasteiger partial charge in [-0.2, -0.15) is 0 Å². The molecule has 1 aliphatic heterocycles. The second-order valence-electron chi connectivity index (χ2n) is 6.93. The van der Waals surface area contributed by atoms with Gasteiger partial charge in [-0.25, -0.2) is 4.39 Å². The minimum Gasteiger partial charge on any atom is -0.335 e. The molecule has 2 N–H and O–H groups in total. The molecule has 5 nitrogen and oxygen atoms in total. The highest BCUT2D eigenvalue weighted by molar-refractivity contribution is 5.87. The third kappa shape index (κ3) is 5.09. The Morgan fingerprint density at radius 1 is 1.14 bits per heavy atom. The van der Waals surface area contributed by atoms with Crippen LogP contribution in [0.15, 0.2) is 54.6 Å². The van der Waals surface area contributed by atoms with Crippen molar-refractivity contribution in [2.75, 3.05) is 19.6 Å². The summed E-state index contributed by atoms with van der Waals surface area (Å²) in [6, 6.07) is 15.3. The smallest absolute Gasteiger partial charge is 0.242 e. The molecule has 0 radical (unpaired) electrons. The van der Waals surface area contributed by atoms with Gasteiger partial charge < -0.3 is 15.5 Å². The normalized spacial score (nSPS) is 16.3. The Labute approximate surface area is 170 Å². The fourth-order valence-corrected chi connectivity index (χ4v) is 3.33. The van der Waals surface area contributed by atoms with Gasteiger partial charge in [0.1, 0.15) is 5.82 Å². The number of hydrogen-bond donors (Lipinski definition) is 1. The SMILES string of the molecule is CC(C(=O)N1CCN(Cc2cccc(F)c2)C(=O)C1)C(N)c1ccccc1.Cl. The van der Waals surface area contributed by atoms with Crippen molar-refractivity contribution in [3.63, 3.8) is 0 Å². The molecule has 28 heavy (non-hydrogen) atoms. The van der Waals surface area contributed by atoms with Crippen LogP contribution >= 0.6 is 12.4 Å². The van der Waals surface area contributed by atoms with E-state index in [4.69, 9.17) is 5.73 Å². The summed E-state index contributed by atoms with van der Waals surface area (Å²) in [6.45, 7) is 3.04.